The average Bonchev–Trinajstić information content (AvgIpc) is 2.75. The highest BCUT2D eigenvalue weighted by molar-refractivity contribution is 14.0. The molecule has 0 aliphatic heterocycles. The molecule has 4 N–H and O–H groups in total. The van der Waals surface area contributed by atoms with Gasteiger partial charge in [-0.2, -0.15) is 0 Å². The van der Waals surface area contributed by atoms with Crippen LogP contribution in [0.15, 0.2) is 29.3 Å². The maximum Gasteiger partial charge on any atom is 0.188 e. The van der Waals surface area contributed by atoms with E-state index in [1.807, 2.05) is 0 Å². The Morgan fingerprint density at radius 3 is 2.86 bits per heavy atom. The molecule has 0 amide bonds. The van der Waals surface area contributed by atoms with Crippen LogP contribution in [0, 0.1) is 6.92 Å². The second kappa shape index (κ2) is 8.92. The number of H-pyrrole nitrogens is 1. The quantitative estimate of drug-likeness (QED) is 0.301. The molecular weight excluding hydrogens is 375 g/mol. The number of aliphatic imine (C=N–C) groups is 1. The maximum atomic E-state index is 5.84. The highest BCUT2D eigenvalue weighted by atomic mass is 127. The van der Waals surface area contributed by atoms with Crippen LogP contribution >= 0.6 is 24.0 Å². The van der Waals surface area contributed by atoms with Crippen molar-refractivity contribution in [3.63, 3.8) is 0 Å². The third kappa shape index (κ3) is 4.91. The molecule has 0 saturated heterocycles. The molecule has 116 valence electrons. The van der Waals surface area contributed by atoms with Gasteiger partial charge < -0.3 is 16.0 Å². The summed E-state index contributed by atoms with van der Waals surface area (Å²) < 4.78 is 0. The van der Waals surface area contributed by atoms with Crippen LogP contribution in [0.25, 0.3) is 10.9 Å². The molecule has 2 rings (SSSR count). The van der Waals surface area contributed by atoms with Gasteiger partial charge in [-0.05, 0) is 31.4 Å². The maximum absolute atomic E-state index is 5.84. The number of para-hydroxylation sites is 1. The fourth-order valence-corrected chi connectivity index (χ4v) is 2.39. The molecule has 0 saturated carbocycles. The predicted octanol–water partition coefficient (Wildman–Crippen LogP) is 3.34. The number of nitrogens with zero attached hydrogens (tertiary/aromatic N) is 1. The number of hydrogen-bond donors (Lipinski definition) is 3. The Morgan fingerprint density at radius 1 is 1.33 bits per heavy atom. The third-order valence-corrected chi connectivity index (χ3v) is 3.50. The first-order valence-electron chi connectivity index (χ1n) is 7.32. The molecule has 1 aromatic heterocycles. The lowest BCUT2D eigenvalue weighted by Crippen LogP contribution is -2.33. The molecule has 0 radical (unpaired) electrons. The van der Waals surface area contributed by atoms with Gasteiger partial charge in [-0.1, -0.05) is 31.5 Å². The average molecular weight is 400 g/mol. The van der Waals surface area contributed by atoms with E-state index in [9.17, 15) is 0 Å². The van der Waals surface area contributed by atoms with Gasteiger partial charge in [0.15, 0.2) is 5.96 Å². The van der Waals surface area contributed by atoms with E-state index in [1.165, 1.54) is 22.2 Å². The SMILES string of the molecule is CCCCN=C(N)NCCc1c(C)[nH]c2ccccc12.I. The minimum atomic E-state index is 0. The van der Waals surface area contributed by atoms with Crippen LogP contribution in [-0.2, 0) is 6.42 Å². The number of aryl methyl sites for hydroxylation is 1. The van der Waals surface area contributed by atoms with Crippen LogP contribution < -0.4 is 11.1 Å². The van der Waals surface area contributed by atoms with Crippen LogP contribution in [0.5, 0.6) is 0 Å². The van der Waals surface area contributed by atoms with E-state index in [0.717, 1.165) is 32.4 Å². The molecule has 0 bridgehead atoms. The zero-order valence-corrected chi connectivity index (χ0v) is 15.1. The first-order chi connectivity index (χ1) is 9.72. The fraction of sp³-hybridized carbons (Fsp3) is 0.438. The lowest BCUT2D eigenvalue weighted by molar-refractivity contribution is 0.791. The Hall–Kier alpha value is -1.24. The molecular formula is C16H25IN4. The van der Waals surface area contributed by atoms with Gasteiger partial charge in [-0.25, -0.2) is 0 Å². The lowest BCUT2D eigenvalue weighted by Gasteiger charge is -2.06. The highest BCUT2D eigenvalue weighted by Gasteiger charge is 2.07. The van der Waals surface area contributed by atoms with E-state index in [1.54, 1.807) is 0 Å². The Kier molecular flexibility index (Phi) is 7.56. The van der Waals surface area contributed by atoms with E-state index in [-0.39, 0.29) is 24.0 Å². The number of nitrogens with two attached hydrogens (primary N) is 1. The Balaban J connectivity index is 0.00000220. The zero-order valence-electron chi connectivity index (χ0n) is 12.8. The molecule has 1 aromatic carbocycles. The molecule has 5 heteroatoms. The molecule has 1 heterocycles. The van der Waals surface area contributed by atoms with Gasteiger partial charge in [-0.15, -0.1) is 24.0 Å². The third-order valence-electron chi connectivity index (χ3n) is 3.50. The van der Waals surface area contributed by atoms with E-state index >= 15 is 0 Å². The van der Waals surface area contributed by atoms with Crippen molar-refractivity contribution in [2.45, 2.75) is 33.1 Å². The van der Waals surface area contributed by atoms with Crippen molar-refractivity contribution in [3.05, 3.63) is 35.5 Å². The number of aromatic amines is 1. The number of rotatable bonds is 6. The standard InChI is InChI=1S/C16H24N4.HI/c1-3-4-10-18-16(17)19-11-9-13-12(2)20-15-8-6-5-7-14(13)15;/h5-8,20H,3-4,9-11H2,1-2H3,(H3,17,18,19);1H. The molecule has 0 aliphatic rings. The summed E-state index contributed by atoms with van der Waals surface area (Å²) in [6.45, 7) is 5.89. The summed E-state index contributed by atoms with van der Waals surface area (Å²) in [4.78, 5) is 7.71. The topological polar surface area (TPSA) is 66.2 Å². The van der Waals surface area contributed by atoms with Gasteiger partial charge in [0.2, 0.25) is 0 Å². The van der Waals surface area contributed by atoms with Crippen molar-refractivity contribution >= 4 is 40.8 Å². The molecule has 0 aliphatic carbocycles. The highest BCUT2D eigenvalue weighted by Crippen LogP contribution is 2.21. The van der Waals surface area contributed by atoms with Crippen molar-refractivity contribution in [1.29, 1.82) is 0 Å². The van der Waals surface area contributed by atoms with Crippen molar-refractivity contribution in [3.8, 4) is 0 Å². The predicted molar refractivity (Wildman–Crippen MR) is 102 cm³/mol. The molecule has 21 heavy (non-hydrogen) atoms. The minimum Gasteiger partial charge on any atom is -0.370 e. The summed E-state index contributed by atoms with van der Waals surface area (Å²) >= 11 is 0. The van der Waals surface area contributed by atoms with Crippen LogP contribution in [0.3, 0.4) is 0 Å². The number of fused-ring (bicyclic) bond motifs is 1. The van der Waals surface area contributed by atoms with E-state index in [4.69, 9.17) is 5.73 Å². The van der Waals surface area contributed by atoms with Gasteiger partial charge in [0.05, 0.1) is 0 Å². The zero-order chi connectivity index (χ0) is 14.4. The van der Waals surface area contributed by atoms with Crippen molar-refractivity contribution < 1.29 is 0 Å². The van der Waals surface area contributed by atoms with Crippen LogP contribution in [-0.4, -0.2) is 24.0 Å². The first kappa shape index (κ1) is 17.8. The van der Waals surface area contributed by atoms with Crippen LogP contribution in [0.4, 0.5) is 0 Å². The summed E-state index contributed by atoms with van der Waals surface area (Å²) in [5.74, 6) is 0.552. The Morgan fingerprint density at radius 2 is 2.10 bits per heavy atom. The minimum absolute atomic E-state index is 0. The number of nitrogens with one attached hydrogen (secondary N) is 2. The van der Waals surface area contributed by atoms with Gasteiger partial charge in [0, 0.05) is 29.7 Å². The summed E-state index contributed by atoms with van der Waals surface area (Å²) in [5, 5.41) is 4.48. The largest absolute Gasteiger partial charge is 0.370 e. The van der Waals surface area contributed by atoms with Crippen molar-refractivity contribution in [2.24, 2.45) is 10.7 Å². The molecule has 0 atom stereocenters. The van der Waals surface area contributed by atoms with Gasteiger partial charge in [0.25, 0.3) is 0 Å². The number of hydrogen-bond acceptors (Lipinski definition) is 1. The normalized spacial score (nSPS) is 11.4. The summed E-state index contributed by atoms with van der Waals surface area (Å²) in [5.41, 5.74) is 9.62. The summed E-state index contributed by atoms with van der Waals surface area (Å²) in [7, 11) is 0. The number of benzene rings is 1. The summed E-state index contributed by atoms with van der Waals surface area (Å²) in [6, 6.07) is 8.40. The lowest BCUT2D eigenvalue weighted by atomic mass is 10.1. The van der Waals surface area contributed by atoms with Crippen molar-refractivity contribution in [2.75, 3.05) is 13.1 Å². The molecule has 2 aromatic rings. The molecule has 0 fully saturated rings. The van der Waals surface area contributed by atoms with E-state index < -0.39 is 0 Å². The van der Waals surface area contributed by atoms with Crippen LogP contribution in [0.1, 0.15) is 31.0 Å². The first-order valence-corrected chi connectivity index (χ1v) is 7.32. The summed E-state index contributed by atoms with van der Waals surface area (Å²) in [6.07, 6.45) is 3.18. The monoisotopic (exact) mass is 400 g/mol. The van der Waals surface area contributed by atoms with Crippen LogP contribution in [0.2, 0.25) is 0 Å². The molecule has 0 unspecified atom stereocenters. The Labute approximate surface area is 143 Å². The van der Waals surface area contributed by atoms with Crippen molar-refractivity contribution in [1.82, 2.24) is 10.3 Å². The molecule has 4 nitrogen and oxygen atoms in total. The smallest absolute Gasteiger partial charge is 0.188 e. The second-order valence-corrected chi connectivity index (χ2v) is 5.07. The van der Waals surface area contributed by atoms with E-state index in [0.29, 0.717) is 5.96 Å². The van der Waals surface area contributed by atoms with E-state index in [2.05, 4.69) is 53.4 Å². The van der Waals surface area contributed by atoms with Gasteiger partial charge in [-0.3, -0.25) is 4.99 Å². The van der Waals surface area contributed by atoms with Gasteiger partial charge in [0.1, 0.15) is 0 Å². The Bertz CT molecular complexity index is 589. The van der Waals surface area contributed by atoms with Gasteiger partial charge >= 0.3 is 0 Å². The molecule has 0 spiro atoms. The fourth-order valence-electron chi connectivity index (χ4n) is 2.39. The number of aromatic nitrogens is 1. The number of unbranched alkanes of at least 4 members (excludes halogenated alkanes) is 1. The second-order valence-electron chi connectivity index (χ2n) is 5.07. The number of halogens is 1. The number of guanidine groups is 1.